The summed E-state index contributed by atoms with van der Waals surface area (Å²) in [6.07, 6.45) is 0.937. The fourth-order valence-electron chi connectivity index (χ4n) is 3.35. The van der Waals surface area contributed by atoms with Gasteiger partial charge in [0.05, 0.1) is 21.7 Å². The van der Waals surface area contributed by atoms with Gasteiger partial charge in [-0.1, -0.05) is 61.0 Å². The highest BCUT2D eigenvalue weighted by Gasteiger charge is 2.17. The number of anilines is 1. The molecule has 0 spiro atoms. The molecule has 1 aromatic heterocycles. The number of nitro benzene ring substituents is 1. The van der Waals surface area contributed by atoms with E-state index >= 15 is 0 Å². The second kappa shape index (κ2) is 8.53. The van der Waals surface area contributed by atoms with Gasteiger partial charge >= 0.3 is 0 Å². The van der Waals surface area contributed by atoms with Gasteiger partial charge in [-0.3, -0.25) is 14.9 Å². The molecule has 0 aliphatic carbocycles. The number of rotatable bonds is 5. The first-order chi connectivity index (χ1) is 15.0. The van der Waals surface area contributed by atoms with Crippen molar-refractivity contribution in [3.63, 3.8) is 0 Å². The standard InChI is InChI=1S/C24H18ClN3O3/c1-2-15-7-9-16(10-8-15)22-14-19(18-5-3-4-6-21(18)27-22)24(29)26-17-11-12-20(25)23(13-17)28(30)31/h3-14H,2H2,1H3,(H,26,29). The zero-order valence-corrected chi connectivity index (χ0v) is 17.4. The molecular formula is C24H18ClN3O3. The van der Waals surface area contributed by atoms with E-state index in [4.69, 9.17) is 16.6 Å². The summed E-state index contributed by atoms with van der Waals surface area (Å²) in [6, 6.07) is 21.3. The third-order valence-electron chi connectivity index (χ3n) is 5.02. The topological polar surface area (TPSA) is 85.1 Å². The van der Waals surface area contributed by atoms with Crippen molar-refractivity contribution in [2.45, 2.75) is 13.3 Å². The number of amides is 1. The van der Waals surface area contributed by atoms with Crippen molar-refractivity contribution < 1.29 is 9.72 Å². The number of aromatic nitrogens is 1. The van der Waals surface area contributed by atoms with E-state index in [0.29, 0.717) is 22.2 Å². The van der Waals surface area contributed by atoms with Gasteiger partial charge in [0.15, 0.2) is 0 Å². The van der Waals surface area contributed by atoms with Crippen molar-refractivity contribution in [2.75, 3.05) is 5.32 Å². The minimum atomic E-state index is -0.585. The molecule has 3 aromatic carbocycles. The molecule has 0 radical (unpaired) electrons. The summed E-state index contributed by atoms with van der Waals surface area (Å²) in [5, 5.41) is 14.6. The number of pyridine rings is 1. The summed E-state index contributed by atoms with van der Waals surface area (Å²) in [7, 11) is 0. The first kappa shape index (κ1) is 20.5. The quantitative estimate of drug-likeness (QED) is 0.297. The summed E-state index contributed by atoms with van der Waals surface area (Å²) in [5.74, 6) is -0.387. The molecule has 0 saturated carbocycles. The second-order valence-electron chi connectivity index (χ2n) is 7.00. The molecule has 4 aromatic rings. The molecule has 0 aliphatic heterocycles. The molecule has 0 saturated heterocycles. The maximum atomic E-state index is 13.1. The third-order valence-corrected chi connectivity index (χ3v) is 5.34. The van der Waals surface area contributed by atoms with Crippen LogP contribution in [0.5, 0.6) is 0 Å². The molecule has 0 atom stereocenters. The Hall–Kier alpha value is -3.77. The van der Waals surface area contributed by atoms with Gasteiger partial charge in [0, 0.05) is 22.7 Å². The van der Waals surface area contributed by atoms with E-state index < -0.39 is 4.92 Å². The average Bonchev–Trinajstić information content (AvgIpc) is 2.79. The molecule has 0 unspecified atom stereocenters. The Balaban J connectivity index is 1.76. The predicted molar refractivity (Wildman–Crippen MR) is 123 cm³/mol. The number of benzene rings is 3. The highest BCUT2D eigenvalue weighted by molar-refractivity contribution is 6.32. The fourth-order valence-corrected chi connectivity index (χ4v) is 3.54. The Morgan fingerprint density at radius 2 is 1.81 bits per heavy atom. The van der Waals surface area contributed by atoms with E-state index in [9.17, 15) is 14.9 Å². The Morgan fingerprint density at radius 3 is 2.52 bits per heavy atom. The van der Waals surface area contributed by atoms with Gasteiger partial charge in [-0.05, 0) is 36.2 Å². The van der Waals surface area contributed by atoms with E-state index in [1.807, 2.05) is 48.5 Å². The smallest absolute Gasteiger partial charge is 0.289 e. The average molecular weight is 432 g/mol. The number of nitrogens with one attached hydrogen (secondary N) is 1. The van der Waals surface area contributed by atoms with Gasteiger partial charge in [0.1, 0.15) is 5.02 Å². The van der Waals surface area contributed by atoms with Crippen LogP contribution in [-0.2, 0) is 6.42 Å². The molecule has 1 amide bonds. The largest absolute Gasteiger partial charge is 0.322 e. The highest BCUT2D eigenvalue weighted by Crippen LogP contribution is 2.29. The zero-order valence-electron chi connectivity index (χ0n) is 16.6. The lowest BCUT2D eigenvalue weighted by molar-refractivity contribution is -0.384. The summed E-state index contributed by atoms with van der Waals surface area (Å²) in [4.78, 5) is 28.4. The Kier molecular flexibility index (Phi) is 5.64. The van der Waals surface area contributed by atoms with E-state index in [1.165, 1.54) is 23.8 Å². The molecule has 0 aliphatic rings. The molecule has 1 heterocycles. The molecule has 7 heteroatoms. The molecule has 0 fully saturated rings. The number of para-hydroxylation sites is 1. The van der Waals surface area contributed by atoms with Gasteiger partial charge in [0.25, 0.3) is 11.6 Å². The van der Waals surface area contributed by atoms with Crippen LogP contribution in [-0.4, -0.2) is 15.8 Å². The number of carbonyl (C=O) groups is 1. The maximum absolute atomic E-state index is 13.1. The normalized spacial score (nSPS) is 10.8. The SMILES string of the molecule is CCc1ccc(-c2cc(C(=O)Nc3ccc(Cl)c([N+](=O)[O-])c3)c3ccccc3n2)cc1. The highest BCUT2D eigenvalue weighted by atomic mass is 35.5. The Bertz CT molecular complexity index is 1300. The number of nitro groups is 1. The Labute approximate surface area is 183 Å². The maximum Gasteiger partial charge on any atom is 0.289 e. The number of hydrogen-bond donors (Lipinski definition) is 1. The van der Waals surface area contributed by atoms with Crippen LogP contribution in [0.1, 0.15) is 22.8 Å². The lowest BCUT2D eigenvalue weighted by Gasteiger charge is -2.11. The molecule has 4 rings (SSSR count). The first-order valence-electron chi connectivity index (χ1n) is 9.70. The molecule has 6 nitrogen and oxygen atoms in total. The van der Waals surface area contributed by atoms with Crippen LogP contribution < -0.4 is 5.32 Å². The molecule has 31 heavy (non-hydrogen) atoms. The van der Waals surface area contributed by atoms with Gasteiger partial charge in [-0.25, -0.2) is 4.98 Å². The van der Waals surface area contributed by atoms with Crippen molar-refractivity contribution in [3.05, 3.63) is 99.1 Å². The minimum absolute atomic E-state index is 0.00942. The zero-order chi connectivity index (χ0) is 22.0. The van der Waals surface area contributed by atoms with Gasteiger partial charge in [-0.15, -0.1) is 0 Å². The Morgan fingerprint density at radius 1 is 1.06 bits per heavy atom. The van der Waals surface area contributed by atoms with Crippen LogP contribution in [0.4, 0.5) is 11.4 Å². The van der Waals surface area contributed by atoms with Gasteiger partial charge in [-0.2, -0.15) is 0 Å². The number of hydrogen-bond acceptors (Lipinski definition) is 4. The van der Waals surface area contributed by atoms with E-state index in [2.05, 4.69) is 12.2 Å². The first-order valence-corrected chi connectivity index (χ1v) is 10.1. The molecule has 154 valence electrons. The van der Waals surface area contributed by atoms with Crippen LogP contribution in [0.25, 0.3) is 22.2 Å². The lowest BCUT2D eigenvalue weighted by Crippen LogP contribution is -2.13. The number of halogens is 1. The lowest BCUT2D eigenvalue weighted by atomic mass is 10.0. The summed E-state index contributed by atoms with van der Waals surface area (Å²) < 4.78 is 0. The monoisotopic (exact) mass is 431 g/mol. The molecule has 0 bridgehead atoms. The summed E-state index contributed by atoms with van der Waals surface area (Å²) in [5.41, 5.74) is 3.93. The number of fused-ring (bicyclic) bond motifs is 1. The summed E-state index contributed by atoms with van der Waals surface area (Å²) >= 11 is 5.87. The summed E-state index contributed by atoms with van der Waals surface area (Å²) in [6.45, 7) is 2.09. The second-order valence-corrected chi connectivity index (χ2v) is 7.41. The van der Waals surface area contributed by atoms with E-state index in [-0.39, 0.29) is 22.3 Å². The van der Waals surface area contributed by atoms with Crippen molar-refractivity contribution in [1.82, 2.24) is 4.98 Å². The van der Waals surface area contributed by atoms with Gasteiger partial charge in [0.2, 0.25) is 0 Å². The van der Waals surface area contributed by atoms with Crippen LogP contribution in [0.15, 0.2) is 72.8 Å². The predicted octanol–water partition coefficient (Wildman–Crippen LogP) is 6.28. The molecular weight excluding hydrogens is 414 g/mol. The van der Waals surface area contributed by atoms with E-state index in [1.54, 1.807) is 6.07 Å². The van der Waals surface area contributed by atoms with Crippen LogP contribution >= 0.6 is 11.6 Å². The van der Waals surface area contributed by atoms with Crippen LogP contribution in [0, 0.1) is 10.1 Å². The van der Waals surface area contributed by atoms with E-state index in [0.717, 1.165) is 12.0 Å². The number of aryl methyl sites for hydroxylation is 1. The number of nitrogens with zero attached hydrogens (tertiary/aromatic N) is 2. The van der Waals surface area contributed by atoms with Gasteiger partial charge < -0.3 is 5.32 Å². The van der Waals surface area contributed by atoms with Crippen LogP contribution in [0.3, 0.4) is 0 Å². The van der Waals surface area contributed by atoms with Crippen molar-refractivity contribution >= 4 is 39.8 Å². The molecule has 1 N–H and O–H groups in total. The van der Waals surface area contributed by atoms with Crippen molar-refractivity contribution in [3.8, 4) is 11.3 Å². The minimum Gasteiger partial charge on any atom is -0.322 e. The number of carbonyl (C=O) groups excluding carboxylic acids is 1. The van der Waals surface area contributed by atoms with Crippen molar-refractivity contribution in [1.29, 1.82) is 0 Å². The third kappa shape index (κ3) is 4.25. The van der Waals surface area contributed by atoms with Crippen LogP contribution in [0.2, 0.25) is 5.02 Å². The fraction of sp³-hybridized carbons (Fsp3) is 0.0833. The van der Waals surface area contributed by atoms with Crippen molar-refractivity contribution in [2.24, 2.45) is 0 Å².